The molecule has 1 atom stereocenters. The minimum Gasteiger partial charge on any atom is -0.342 e. The van der Waals surface area contributed by atoms with Crippen molar-refractivity contribution >= 4 is 17.9 Å². The van der Waals surface area contributed by atoms with Crippen molar-refractivity contribution in [1.82, 2.24) is 20.4 Å². The van der Waals surface area contributed by atoms with Crippen molar-refractivity contribution in [3.8, 4) is 0 Å². The van der Waals surface area contributed by atoms with Gasteiger partial charge in [-0.1, -0.05) is 44.2 Å². The van der Waals surface area contributed by atoms with Crippen LogP contribution in [0.25, 0.3) is 0 Å². The van der Waals surface area contributed by atoms with Gasteiger partial charge in [0.25, 0.3) is 5.91 Å². The maximum atomic E-state index is 12.9. The summed E-state index contributed by atoms with van der Waals surface area (Å²) in [5.74, 6) is 1.10. The molecule has 1 aromatic rings. The highest BCUT2D eigenvalue weighted by Crippen LogP contribution is 2.27. The van der Waals surface area contributed by atoms with Crippen LogP contribution in [0.2, 0.25) is 0 Å². The van der Waals surface area contributed by atoms with Crippen LogP contribution in [-0.2, 0) is 11.2 Å². The fraction of sp³-hybridized carbons (Fsp3) is 0.625. The Morgan fingerprint density at radius 3 is 2.58 bits per heavy atom. The molecule has 0 aliphatic carbocycles. The predicted octanol–water partition coefficient (Wildman–Crippen LogP) is 3.21. The number of nitrogens with zero attached hydrogens (tertiary/aromatic N) is 2. The minimum atomic E-state index is -0.660. The highest BCUT2D eigenvalue weighted by atomic mass is 16.2. The van der Waals surface area contributed by atoms with Gasteiger partial charge in [0.1, 0.15) is 5.54 Å². The first-order chi connectivity index (χ1) is 14.8. The van der Waals surface area contributed by atoms with E-state index in [1.54, 1.807) is 4.90 Å². The van der Waals surface area contributed by atoms with E-state index >= 15 is 0 Å². The summed E-state index contributed by atoms with van der Waals surface area (Å²) in [6.07, 6.45) is 4.32. The lowest BCUT2D eigenvalue weighted by atomic mass is 9.90. The number of hydrogen-bond acceptors (Lipinski definition) is 3. The fourth-order valence-electron chi connectivity index (χ4n) is 4.76. The van der Waals surface area contributed by atoms with Gasteiger partial charge in [-0.25, -0.2) is 4.79 Å². The van der Waals surface area contributed by atoms with Gasteiger partial charge in [-0.15, -0.1) is 0 Å². The van der Waals surface area contributed by atoms with Crippen LogP contribution in [0.4, 0.5) is 4.79 Å². The van der Waals surface area contributed by atoms with E-state index in [0.717, 1.165) is 45.2 Å². The van der Waals surface area contributed by atoms with E-state index in [4.69, 9.17) is 5.41 Å². The Morgan fingerprint density at radius 2 is 1.94 bits per heavy atom. The van der Waals surface area contributed by atoms with Gasteiger partial charge in [-0.2, -0.15) is 0 Å². The van der Waals surface area contributed by atoms with E-state index in [1.165, 1.54) is 5.56 Å². The van der Waals surface area contributed by atoms with Crippen LogP contribution in [0.1, 0.15) is 52.0 Å². The number of rotatable bonds is 8. The molecule has 31 heavy (non-hydrogen) atoms. The van der Waals surface area contributed by atoms with Gasteiger partial charge in [0.2, 0.25) is 0 Å². The monoisotopic (exact) mass is 427 g/mol. The molecule has 3 rings (SSSR count). The number of nitrogens with one attached hydrogen (secondary N) is 3. The lowest BCUT2D eigenvalue weighted by Crippen LogP contribution is -2.46. The Labute approximate surface area is 186 Å². The number of likely N-dealkylation sites (tertiary alicyclic amines) is 1. The third kappa shape index (κ3) is 5.99. The summed E-state index contributed by atoms with van der Waals surface area (Å²) in [5.41, 5.74) is 0.564. The van der Waals surface area contributed by atoms with Crippen LogP contribution in [-0.4, -0.2) is 59.4 Å². The molecule has 2 heterocycles. The molecule has 0 radical (unpaired) electrons. The van der Waals surface area contributed by atoms with E-state index in [9.17, 15) is 9.59 Å². The zero-order chi connectivity index (χ0) is 22.4. The highest BCUT2D eigenvalue weighted by molar-refractivity contribution is 6.07. The van der Waals surface area contributed by atoms with Gasteiger partial charge in [0.15, 0.2) is 5.96 Å². The Balaban J connectivity index is 1.38. The van der Waals surface area contributed by atoms with E-state index in [2.05, 4.69) is 36.6 Å². The van der Waals surface area contributed by atoms with Crippen LogP contribution in [0, 0.1) is 17.2 Å². The SMILES string of the molecule is CC(C)CC1(C)NC(=N)N(CCC2CCN(C(=O)NCCc3ccccc3)CC2)C1=O. The highest BCUT2D eigenvalue weighted by Gasteiger charge is 2.45. The Hall–Kier alpha value is -2.57. The zero-order valence-electron chi connectivity index (χ0n) is 19.1. The van der Waals surface area contributed by atoms with Crippen LogP contribution in [0.3, 0.4) is 0 Å². The number of hydrogen-bond donors (Lipinski definition) is 3. The van der Waals surface area contributed by atoms with Crippen molar-refractivity contribution in [2.45, 2.75) is 58.4 Å². The van der Waals surface area contributed by atoms with Gasteiger partial charge >= 0.3 is 6.03 Å². The summed E-state index contributed by atoms with van der Waals surface area (Å²) in [7, 11) is 0. The molecule has 0 bridgehead atoms. The Morgan fingerprint density at radius 1 is 1.26 bits per heavy atom. The molecule has 2 saturated heterocycles. The largest absolute Gasteiger partial charge is 0.342 e. The van der Waals surface area contributed by atoms with Crippen LogP contribution >= 0.6 is 0 Å². The standard InChI is InChI=1S/C24H37N5O2/c1-18(2)17-24(3)21(30)29(22(25)27-24)16-12-20-10-14-28(15-11-20)23(31)26-13-9-19-7-5-4-6-8-19/h4-8,18,20H,9-17H2,1-3H3,(H2,25,27)(H,26,31). The molecule has 170 valence electrons. The number of benzene rings is 1. The van der Waals surface area contributed by atoms with Gasteiger partial charge in [-0.3, -0.25) is 15.1 Å². The molecule has 2 aliphatic rings. The molecule has 2 fully saturated rings. The molecule has 1 aromatic carbocycles. The van der Waals surface area contributed by atoms with E-state index in [-0.39, 0.29) is 17.9 Å². The number of piperidine rings is 1. The van der Waals surface area contributed by atoms with Gasteiger partial charge in [0, 0.05) is 26.2 Å². The normalized spacial score (nSPS) is 22.2. The quantitative estimate of drug-likeness (QED) is 0.595. The van der Waals surface area contributed by atoms with Gasteiger partial charge in [-0.05, 0) is 56.4 Å². The van der Waals surface area contributed by atoms with Crippen molar-refractivity contribution in [3.05, 3.63) is 35.9 Å². The minimum absolute atomic E-state index is 0.0135. The topological polar surface area (TPSA) is 88.5 Å². The first-order valence-electron chi connectivity index (χ1n) is 11.5. The molecule has 2 aliphatic heterocycles. The van der Waals surface area contributed by atoms with Crippen molar-refractivity contribution in [2.24, 2.45) is 11.8 Å². The first kappa shape index (κ1) is 23.1. The van der Waals surface area contributed by atoms with Crippen LogP contribution in [0.5, 0.6) is 0 Å². The molecule has 7 heteroatoms. The molecular formula is C24H37N5O2. The molecule has 3 N–H and O–H groups in total. The second kappa shape index (κ2) is 10.2. The second-order valence-electron chi connectivity index (χ2n) is 9.55. The number of urea groups is 1. The van der Waals surface area contributed by atoms with E-state index in [0.29, 0.717) is 24.9 Å². The summed E-state index contributed by atoms with van der Waals surface area (Å²) >= 11 is 0. The summed E-state index contributed by atoms with van der Waals surface area (Å²) in [5, 5.41) is 14.3. The summed E-state index contributed by atoms with van der Waals surface area (Å²) in [6, 6.07) is 10.2. The van der Waals surface area contributed by atoms with Crippen LogP contribution in [0.15, 0.2) is 30.3 Å². The predicted molar refractivity (Wildman–Crippen MR) is 123 cm³/mol. The smallest absolute Gasteiger partial charge is 0.317 e. The van der Waals surface area contributed by atoms with Gasteiger partial charge in [0.05, 0.1) is 0 Å². The Kier molecular flexibility index (Phi) is 7.57. The average Bonchev–Trinajstić information content (AvgIpc) is 2.94. The molecule has 0 spiro atoms. The summed E-state index contributed by atoms with van der Waals surface area (Å²) < 4.78 is 0. The Bertz CT molecular complexity index is 773. The zero-order valence-corrected chi connectivity index (χ0v) is 19.1. The van der Waals surface area contributed by atoms with Crippen molar-refractivity contribution in [2.75, 3.05) is 26.2 Å². The fourth-order valence-corrected chi connectivity index (χ4v) is 4.76. The van der Waals surface area contributed by atoms with E-state index < -0.39 is 5.54 Å². The lowest BCUT2D eigenvalue weighted by molar-refractivity contribution is -0.131. The molecule has 0 saturated carbocycles. The molecule has 1 unspecified atom stereocenters. The van der Waals surface area contributed by atoms with Crippen molar-refractivity contribution in [1.29, 1.82) is 5.41 Å². The van der Waals surface area contributed by atoms with E-state index in [1.807, 2.05) is 30.0 Å². The second-order valence-corrected chi connectivity index (χ2v) is 9.55. The number of carbonyl (C=O) groups excluding carboxylic acids is 2. The number of guanidine groups is 1. The first-order valence-corrected chi connectivity index (χ1v) is 11.5. The molecule has 3 amide bonds. The molecular weight excluding hydrogens is 390 g/mol. The van der Waals surface area contributed by atoms with Crippen molar-refractivity contribution in [3.63, 3.8) is 0 Å². The molecule has 0 aromatic heterocycles. The third-order valence-electron chi connectivity index (χ3n) is 6.39. The maximum absolute atomic E-state index is 12.9. The number of carbonyl (C=O) groups is 2. The van der Waals surface area contributed by atoms with Crippen LogP contribution < -0.4 is 10.6 Å². The lowest BCUT2D eigenvalue weighted by Gasteiger charge is -2.32. The van der Waals surface area contributed by atoms with Crippen molar-refractivity contribution < 1.29 is 9.59 Å². The maximum Gasteiger partial charge on any atom is 0.317 e. The molecule has 7 nitrogen and oxygen atoms in total. The third-order valence-corrected chi connectivity index (χ3v) is 6.39. The summed E-state index contributed by atoms with van der Waals surface area (Å²) in [4.78, 5) is 28.8. The van der Waals surface area contributed by atoms with Gasteiger partial charge < -0.3 is 15.5 Å². The average molecular weight is 428 g/mol. The number of amides is 3. The summed E-state index contributed by atoms with van der Waals surface area (Å²) in [6.45, 7) is 8.80.